The molecule has 0 aliphatic carbocycles. The Labute approximate surface area is 59.0 Å². The van der Waals surface area contributed by atoms with Gasteiger partial charge in [-0.25, -0.2) is 0 Å². The van der Waals surface area contributed by atoms with E-state index in [0.29, 0.717) is 9.93 Å². The molecule has 1 rings (SSSR count). The van der Waals surface area contributed by atoms with E-state index in [0.717, 1.165) is 0 Å². The summed E-state index contributed by atoms with van der Waals surface area (Å²) < 4.78 is 9.14. The highest BCUT2D eigenvalue weighted by Gasteiger charge is 1.96. The van der Waals surface area contributed by atoms with Gasteiger partial charge in [0, 0.05) is 11.5 Å². The smallest absolute Gasteiger partial charge is 0.293 e. The van der Waals surface area contributed by atoms with E-state index < -0.39 is 0 Å². The van der Waals surface area contributed by atoms with Crippen LogP contribution in [0.15, 0.2) is 4.73 Å². The van der Waals surface area contributed by atoms with Crippen molar-refractivity contribution in [1.82, 2.24) is 9.36 Å². The second kappa shape index (κ2) is 2.41. The molecule has 8 heavy (non-hydrogen) atoms. The SMILES string of the molecule is COc1nc(Br)ns1. The number of hydrogen-bond acceptors (Lipinski definition) is 4. The van der Waals surface area contributed by atoms with Crippen molar-refractivity contribution in [3.05, 3.63) is 4.73 Å². The molecule has 44 valence electrons. The van der Waals surface area contributed by atoms with Crippen LogP contribution in [0.2, 0.25) is 0 Å². The van der Waals surface area contributed by atoms with E-state index >= 15 is 0 Å². The third-order valence-corrected chi connectivity index (χ3v) is 1.82. The van der Waals surface area contributed by atoms with Crippen LogP contribution in [0.4, 0.5) is 0 Å². The van der Waals surface area contributed by atoms with Crippen LogP contribution in [-0.4, -0.2) is 16.5 Å². The highest BCUT2D eigenvalue weighted by molar-refractivity contribution is 9.10. The summed E-state index contributed by atoms with van der Waals surface area (Å²) in [5.74, 6) is 0. The minimum atomic E-state index is 0.580. The molecule has 0 saturated heterocycles. The molecule has 0 fully saturated rings. The molecule has 0 aliphatic heterocycles. The van der Waals surface area contributed by atoms with E-state index in [1.54, 1.807) is 7.11 Å². The number of halogens is 1. The number of hydrogen-bond donors (Lipinski definition) is 0. The Morgan fingerprint density at radius 1 is 1.75 bits per heavy atom. The lowest BCUT2D eigenvalue weighted by atomic mass is 11.2. The normalized spacial score (nSPS) is 9.25. The molecule has 0 aromatic carbocycles. The number of nitrogens with zero attached hydrogens (tertiary/aromatic N) is 2. The fourth-order valence-corrected chi connectivity index (χ4v) is 1.17. The summed E-state index contributed by atoms with van der Waals surface area (Å²) in [7, 11) is 1.56. The average Bonchev–Trinajstić information content (AvgIpc) is 2.14. The van der Waals surface area contributed by atoms with E-state index in [1.807, 2.05) is 0 Å². The summed E-state index contributed by atoms with van der Waals surface area (Å²) >= 11 is 4.30. The van der Waals surface area contributed by atoms with Gasteiger partial charge in [-0.2, -0.15) is 9.36 Å². The Hall–Kier alpha value is -0.160. The Balaban J connectivity index is 2.84. The second-order valence-electron chi connectivity index (χ2n) is 1.03. The van der Waals surface area contributed by atoms with Crippen LogP contribution in [0.25, 0.3) is 0 Å². The van der Waals surface area contributed by atoms with Crippen LogP contribution in [-0.2, 0) is 0 Å². The lowest BCUT2D eigenvalue weighted by Gasteiger charge is -1.83. The van der Waals surface area contributed by atoms with Gasteiger partial charge < -0.3 is 4.74 Å². The topological polar surface area (TPSA) is 35.0 Å². The van der Waals surface area contributed by atoms with Crippen LogP contribution < -0.4 is 4.74 Å². The van der Waals surface area contributed by atoms with Crippen molar-refractivity contribution in [2.45, 2.75) is 0 Å². The number of aromatic nitrogens is 2. The second-order valence-corrected chi connectivity index (χ2v) is 2.46. The quantitative estimate of drug-likeness (QED) is 0.677. The van der Waals surface area contributed by atoms with Gasteiger partial charge in [0.25, 0.3) is 5.19 Å². The fraction of sp³-hybridized carbons (Fsp3) is 0.333. The van der Waals surface area contributed by atoms with Crippen LogP contribution in [0.1, 0.15) is 0 Å². The summed E-state index contributed by atoms with van der Waals surface area (Å²) in [6.45, 7) is 0. The average molecular weight is 195 g/mol. The molecule has 1 heterocycles. The van der Waals surface area contributed by atoms with Crippen LogP contribution >= 0.6 is 27.5 Å². The van der Waals surface area contributed by atoms with Crippen molar-refractivity contribution in [2.75, 3.05) is 7.11 Å². The Kier molecular flexibility index (Phi) is 1.80. The third-order valence-electron chi connectivity index (χ3n) is 0.557. The lowest BCUT2D eigenvalue weighted by molar-refractivity contribution is 0.411. The highest BCUT2D eigenvalue weighted by atomic mass is 79.9. The zero-order valence-corrected chi connectivity index (χ0v) is 6.49. The van der Waals surface area contributed by atoms with Crippen molar-refractivity contribution in [3.63, 3.8) is 0 Å². The van der Waals surface area contributed by atoms with Gasteiger partial charge in [0.05, 0.1) is 7.11 Å². The molecule has 1 aromatic rings. The molecular formula is C3H3BrN2OS. The maximum atomic E-state index is 4.75. The largest absolute Gasteiger partial charge is 0.472 e. The fourth-order valence-electron chi connectivity index (χ4n) is 0.276. The first kappa shape index (κ1) is 5.97. The molecule has 0 saturated carbocycles. The zero-order valence-electron chi connectivity index (χ0n) is 4.09. The van der Waals surface area contributed by atoms with Crippen molar-refractivity contribution >= 4 is 27.5 Å². The molecule has 0 amide bonds. The first-order valence-electron chi connectivity index (χ1n) is 1.86. The van der Waals surface area contributed by atoms with Crippen molar-refractivity contribution in [1.29, 1.82) is 0 Å². The van der Waals surface area contributed by atoms with Crippen molar-refractivity contribution < 1.29 is 4.74 Å². The molecular weight excluding hydrogens is 192 g/mol. The van der Waals surface area contributed by atoms with Crippen molar-refractivity contribution in [3.8, 4) is 5.19 Å². The predicted octanol–water partition coefficient (Wildman–Crippen LogP) is 1.31. The van der Waals surface area contributed by atoms with E-state index in [9.17, 15) is 0 Å². The van der Waals surface area contributed by atoms with Crippen LogP contribution in [0.3, 0.4) is 0 Å². The maximum absolute atomic E-state index is 4.75. The standard InChI is InChI=1S/C3H3BrN2OS/c1-7-3-5-2(4)6-8-3/h1H3. The molecule has 1 aromatic heterocycles. The molecule has 3 nitrogen and oxygen atoms in total. The van der Waals surface area contributed by atoms with Crippen LogP contribution in [0, 0.1) is 0 Å². The molecule has 0 bridgehead atoms. The van der Waals surface area contributed by atoms with Gasteiger partial charge >= 0.3 is 0 Å². The molecule has 0 N–H and O–H groups in total. The summed E-state index contributed by atoms with van der Waals surface area (Å²) in [6.07, 6.45) is 0. The minimum absolute atomic E-state index is 0.580. The van der Waals surface area contributed by atoms with Crippen LogP contribution in [0.5, 0.6) is 5.19 Å². The molecule has 0 spiro atoms. The van der Waals surface area contributed by atoms with Gasteiger partial charge in [0.15, 0.2) is 0 Å². The van der Waals surface area contributed by atoms with Gasteiger partial charge in [0.1, 0.15) is 0 Å². The lowest BCUT2D eigenvalue weighted by Crippen LogP contribution is -1.77. The summed E-state index contributed by atoms with van der Waals surface area (Å²) in [4.78, 5) is 3.83. The van der Waals surface area contributed by atoms with Gasteiger partial charge in [-0.3, -0.25) is 0 Å². The van der Waals surface area contributed by atoms with E-state index in [4.69, 9.17) is 4.74 Å². The van der Waals surface area contributed by atoms with E-state index in [2.05, 4.69) is 25.3 Å². The van der Waals surface area contributed by atoms with Gasteiger partial charge in [-0.1, -0.05) is 0 Å². The number of ether oxygens (including phenoxy) is 1. The Morgan fingerprint density at radius 3 is 2.75 bits per heavy atom. The molecule has 0 aliphatic rings. The first-order chi connectivity index (χ1) is 3.83. The molecule has 0 atom stereocenters. The monoisotopic (exact) mass is 194 g/mol. The maximum Gasteiger partial charge on any atom is 0.293 e. The molecule has 0 radical (unpaired) electrons. The summed E-state index contributed by atoms with van der Waals surface area (Å²) in [5.41, 5.74) is 0. The predicted molar refractivity (Wildman–Crippen MR) is 34.2 cm³/mol. The molecule has 0 unspecified atom stereocenters. The number of methoxy groups -OCH3 is 1. The summed E-state index contributed by atoms with van der Waals surface area (Å²) in [5, 5.41) is 0.580. The highest BCUT2D eigenvalue weighted by Crippen LogP contribution is 2.15. The molecule has 5 heteroatoms. The summed E-state index contributed by atoms with van der Waals surface area (Å²) in [6, 6.07) is 0. The van der Waals surface area contributed by atoms with E-state index in [1.165, 1.54) is 11.5 Å². The number of rotatable bonds is 1. The van der Waals surface area contributed by atoms with Gasteiger partial charge in [0.2, 0.25) is 4.73 Å². The minimum Gasteiger partial charge on any atom is -0.472 e. The third kappa shape index (κ3) is 1.16. The Bertz CT molecular complexity index is 178. The van der Waals surface area contributed by atoms with Crippen molar-refractivity contribution in [2.24, 2.45) is 0 Å². The Morgan fingerprint density at radius 2 is 2.50 bits per heavy atom. The van der Waals surface area contributed by atoms with Gasteiger partial charge in [-0.05, 0) is 15.9 Å². The van der Waals surface area contributed by atoms with Gasteiger partial charge in [-0.15, -0.1) is 0 Å². The first-order valence-corrected chi connectivity index (χ1v) is 3.43. The zero-order chi connectivity index (χ0) is 5.98. The van der Waals surface area contributed by atoms with E-state index in [-0.39, 0.29) is 0 Å².